The Morgan fingerprint density at radius 2 is 1.41 bits per heavy atom. The van der Waals surface area contributed by atoms with Gasteiger partial charge in [-0.05, 0) is 61.0 Å². The van der Waals surface area contributed by atoms with Crippen LogP contribution in [0.3, 0.4) is 0 Å². The van der Waals surface area contributed by atoms with E-state index in [1.165, 1.54) is 24.5 Å². The standard InChI is InChI=1S/C25H17F6N5O/c1-15-3-4-19(14-21(15)36(20-5-9-32-10-6-20)23-33-7-2-8-34-23)35-22(37)16-11-17(24(26,27)28)13-18(12-16)25(29,30)31/h2-14H,1H3,(H,35,37). The number of aromatic nitrogens is 3. The van der Waals surface area contributed by atoms with Gasteiger partial charge in [0, 0.05) is 36.0 Å². The van der Waals surface area contributed by atoms with Gasteiger partial charge in [-0.2, -0.15) is 26.3 Å². The van der Waals surface area contributed by atoms with Gasteiger partial charge < -0.3 is 5.32 Å². The molecule has 0 aliphatic rings. The molecule has 0 aliphatic carbocycles. The Morgan fingerprint density at radius 3 is 1.97 bits per heavy atom. The molecule has 1 amide bonds. The summed E-state index contributed by atoms with van der Waals surface area (Å²) in [7, 11) is 0. The van der Waals surface area contributed by atoms with Gasteiger partial charge in [0.25, 0.3) is 5.91 Å². The highest BCUT2D eigenvalue weighted by Gasteiger charge is 2.37. The summed E-state index contributed by atoms with van der Waals surface area (Å²) in [6, 6.07) is 10.4. The molecule has 2 aromatic heterocycles. The molecule has 0 radical (unpaired) electrons. The third kappa shape index (κ3) is 5.85. The Bertz CT molecular complexity index is 1340. The minimum atomic E-state index is -5.08. The van der Waals surface area contributed by atoms with E-state index in [4.69, 9.17) is 0 Å². The molecule has 12 heteroatoms. The fourth-order valence-corrected chi connectivity index (χ4v) is 3.48. The molecular formula is C25H17F6N5O. The summed E-state index contributed by atoms with van der Waals surface area (Å²) >= 11 is 0. The maximum absolute atomic E-state index is 13.2. The highest BCUT2D eigenvalue weighted by Crippen LogP contribution is 2.38. The van der Waals surface area contributed by atoms with E-state index in [2.05, 4.69) is 20.3 Å². The molecule has 0 atom stereocenters. The number of hydrogen-bond acceptors (Lipinski definition) is 5. The lowest BCUT2D eigenvalue weighted by Crippen LogP contribution is -2.18. The van der Waals surface area contributed by atoms with Crippen LogP contribution in [0.4, 0.5) is 49.4 Å². The van der Waals surface area contributed by atoms with Gasteiger partial charge in [0.2, 0.25) is 5.95 Å². The number of aryl methyl sites for hydroxylation is 1. The van der Waals surface area contributed by atoms with Crippen LogP contribution in [0.5, 0.6) is 0 Å². The Hall–Kier alpha value is -4.48. The second-order valence-corrected chi connectivity index (χ2v) is 7.84. The zero-order chi connectivity index (χ0) is 26.8. The molecule has 0 saturated carbocycles. The van der Waals surface area contributed by atoms with E-state index in [-0.39, 0.29) is 17.7 Å². The average Bonchev–Trinajstić information content (AvgIpc) is 2.86. The summed E-state index contributed by atoms with van der Waals surface area (Å²) < 4.78 is 79.3. The zero-order valence-corrected chi connectivity index (χ0v) is 19.0. The molecule has 0 spiro atoms. The summed E-state index contributed by atoms with van der Waals surface area (Å²) in [6.07, 6.45) is -3.98. The fourth-order valence-electron chi connectivity index (χ4n) is 3.48. The fraction of sp³-hybridized carbons (Fsp3) is 0.120. The quantitative estimate of drug-likeness (QED) is 0.291. The van der Waals surface area contributed by atoms with Crippen LogP contribution in [0.25, 0.3) is 0 Å². The number of alkyl halides is 6. The van der Waals surface area contributed by atoms with Crippen molar-refractivity contribution < 1.29 is 31.1 Å². The molecule has 6 nitrogen and oxygen atoms in total. The number of anilines is 4. The van der Waals surface area contributed by atoms with E-state index in [9.17, 15) is 31.1 Å². The number of nitrogens with zero attached hydrogens (tertiary/aromatic N) is 4. The van der Waals surface area contributed by atoms with Crippen molar-refractivity contribution in [1.29, 1.82) is 0 Å². The van der Waals surface area contributed by atoms with Gasteiger partial charge >= 0.3 is 12.4 Å². The van der Waals surface area contributed by atoms with Crippen molar-refractivity contribution >= 4 is 28.9 Å². The molecule has 4 rings (SSSR count). The second-order valence-electron chi connectivity index (χ2n) is 7.84. The maximum Gasteiger partial charge on any atom is 0.416 e. The van der Waals surface area contributed by atoms with Crippen molar-refractivity contribution in [2.45, 2.75) is 19.3 Å². The lowest BCUT2D eigenvalue weighted by atomic mass is 10.0. The van der Waals surface area contributed by atoms with Crippen molar-refractivity contribution in [3.8, 4) is 0 Å². The van der Waals surface area contributed by atoms with Crippen LogP contribution in [0.15, 0.2) is 79.4 Å². The number of nitrogens with one attached hydrogen (secondary N) is 1. The van der Waals surface area contributed by atoms with Crippen molar-refractivity contribution in [2.75, 3.05) is 10.2 Å². The predicted molar refractivity (Wildman–Crippen MR) is 124 cm³/mol. The first kappa shape index (κ1) is 25.6. The molecule has 0 saturated heterocycles. The summed E-state index contributed by atoms with van der Waals surface area (Å²) in [6.45, 7) is 1.78. The normalized spacial score (nSPS) is 11.8. The minimum absolute atomic E-state index is 0.0345. The molecule has 0 fully saturated rings. The third-order valence-corrected chi connectivity index (χ3v) is 5.23. The monoisotopic (exact) mass is 517 g/mol. The lowest BCUT2D eigenvalue weighted by Gasteiger charge is -2.25. The molecule has 2 aromatic carbocycles. The van der Waals surface area contributed by atoms with Gasteiger partial charge in [0.05, 0.1) is 22.5 Å². The number of benzene rings is 2. The minimum Gasteiger partial charge on any atom is -0.322 e. The summed E-state index contributed by atoms with van der Waals surface area (Å²) in [5.41, 5.74) is -1.96. The molecular weight excluding hydrogens is 500 g/mol. The first-order chi connectivity index (χ1) is 17.4. The van der Waals surface area contributed by atoms with Gasteiger partial charge in [-0.25, -0.2) is 9.97 Å². The van der Waals surface area contributed by atoms with Crippen LogP contribution in [-0.2, 0) is 12.4 Å². The van der Waals surface area contributed by atoms with Crippen molar-refractivity contribution in [1.82, 2.24) is 15.0 Å². The van der Waals surface area contributed by atoms with Crippen LogP contribution < -0.4 is 10.2 Å². The van der Waals surface area contributed by atoms with Crippen molar-refractivity contribution in [3.05, 3.63) is 102 Å². The number of carbonyl (C=O) groups excluding carboxylic acids is 1. The first-order valence-electron chi connectivity index (χ1n) is 10.6. The highest BCUT2D eigenvalue weighted by atomic mass is 19.4. The van der Waals surface area contributed by atoms with Crippen molar-refractivity contribution in [2.24, 2.45) is 0 Å². The van der Waals surface area contributed by atoms with E-state index in [1.807, 2.05) is 0 Å². The molecule has 0 bridgehead atoms. The number of pyridine rings is 1. The zero-order valence-electron chi connectivity index (χ0n) is 19.0. The smallest absolute Gasteiger partial charge is 0.322 e. The van der Waals surface area contributed by atoms with E-state index in [1.54, 1.807) is 48.5 Å². The van der Waals surface area contributed by atoms with Crippen LogP contribution in [0.1, 0.15) is 27.0 Å². The predicted octanol–water partition coefficient (Wildman–Crippen LogP) is 6.94. The molecule has 37 heavy (non-hydrogen) atoms. The van der Waals surface area contributed by atoms with Gasteiger partial charge in [0.15, 0.2) is 0 Å². The molecule has 4 aromatic rings. The van der Waals surface area contributed by atoms with Crippen LogP contribution in [0.2, 0.25) is 0 Å². The number of rotatable bonds is 5. The highest BCUT2D eigenvalue weighted by molar-refractivity contribution is 6.05. The Balaban J connectivity index is 1.73. The molecule has 190 valence electrons. The number of halogens is 6. The first-order valence-corrected chi connectivity index (χ1v) is 10.6. The van der Waals surface area contributed by atoms with E-state index < -0.39 is 35.0 Å². The van der Waals surface area contributed by atoms with E-state index in [0.29, 0.717) is 23.5 Å². The maximum atomic E-state index is 13.2. The Labute approximate surface area is 206 Å². The SMILES string of the molecule is Cc1ccc(NC(=O)c2cc(C(F)(F)F)cc(C(F)(F)F)c2)cc1N(c1ccncc1)c1ncccn1. The van der Waals surface area contributed by atoms with Gasteiger partial charge in [-0.1, -0.05) is 6.07 Å². The Morgan fingerprint density at radius 1 is 0.811 bits per heavy atom. The van der Waals surface area contributed by atoms with Crippen molar-refractivity contribution in [3.63, 3.8) is 0 Å². The van der Waals surface area contributed by atoms with E-state index in [0.717, 1.165) is 5.56 Å². The van der Waals surface area contributed by atoms with Gasteiger partial charge in [0.1, 0.15) is 0 Å². The van der Waals surface area contributed by atoms with Gasteiger partial charge in [-0.15, -0.1) is 0 Å². The topological polar surface area (TPSA) is 71.0 Å². The second kappa shape index (κ2) is 9.88. The molecule has 2 heterocycles. The summed E-state index contributed by atoms with van der Waals surface area (Å²) in [5, 5.41) is 2.39. The number of amides is 1. The number of carbonyl (C=O) groups is 1. The summed E-state index contributed by atoms with van der Waals surface area (Å²) in [4.78, 5) is 27.0. The number of hydrogen-bond donors (Lipinski definition) is 1. The van der Waals surface area contributed by atoms with Crippen LogP contribution >= 0.6 is 0 Å². The molecule has 0 unspecified atom stereocenters. The van der Waals surface area contributed by atoms with Crippen LogP contribution in [-0.4, -0.2) is 20.9 Å². The molecule has 0 aliphatic heterocycles. The van der Waals surface area contributed by atoms with Gasteiger partial charge in [-0.3, -0.25) is 14.7 Å². The average molecular weight is 517 g/mol. The largest absolute Gasteiger partial charge is 0.416 e. The summed E-state index contributed by atoms with van der Waals surface area (Å²) in [5.74, 6) is -0.856. The van der Waals surface area contributed by atoms with Crippen LogP contribution in [0, 0.1) is 6.92 Å². The third-order valence-electron chi connectivity index (χ3n) is 5.23. The molecule has 1 N–H and O–H groups in total. The van der Waals surface area contributed by atoms with E-state index >= 15 is 0 Å². The lowest BCUT2D eigenvalue weighted by molar-refractivity contribution is -0.143. The Kier molecular flexibility index (Phi) is 6.84.